The zero-order valence-electron chi connectivity index (χ0n) is 31.3. The number of nitrogens with zero attached hydrogens (tertiary/aromatic N) is 1. The zero-order chi connectivity index (χ0) is 39.4. The zero-order valence-corrected chi connectivity index (χ0v) is 31.3. The number of anilines is 1. The number of nitrogens with two attached hydrogens (primary N) is 3. The maximum atomic E-state index is 13.3. The van der Waals surface area contributed by atoms with E-state index < -0.39 is 65.7 Å². The normalized spacial score (nSPS) is 12.8. The van der Waals surface area contributed by atoms with Crippen molar-refractivity contribution in [2.75, 3.05) is 18.4 Å². The van der Waals surface area contributed by atoms with Crippen LogP contribution in [0.1, 0.15) is 87.6 Å². The molecule has 16 heteroatoms. The Balaban J connectivity index is -0.00000257. The highest BCUT2D eigenvalue weighted by atomic mass is 16.5. The molecule has 1 heterocycles. The van der Waals surface area contributed by atoms with E-state index in [9.17, 15) is 33.6 Å². The van der Waals surface area contributed by atoms with Gasteiger partial charge in [0.25, 0.3) is 11.8 Å². The number of ether oxygens (including phenoxy) is 1. The summed E-state index contributed by atoms with van der Waals surface area (Å²) < 4.78 is 4.72. The van der Waals surface area contributed by atoms with Crippen LogP contribution >= 0.6 is 0 Å². The molecule has 16 nitrogen and oxygen atoms in total. The number of nitrogens with one attached hydrogen (secondary N) is 4. The Morgan fingerprint density at radius 3 is 1.74 bits per heavy atom. The molecule has 2 rings (SSSR count). The van der Waals surface area contributed by atoms with Gasteiger partial charge in [0.2, 0.25) is 17.7 Å². The van der Waals surface area contributed by atoms with Gasteiger partial charge in [-0.25, -0.2) is 9.59 Å². The summed E-state index contributed by atoms with van der Waals surface area (Å²) in [7, 11) is 0. The molecule has 1 aliphatic heterocycles. The summed E-state index contributed by atoms with van der Waals surface area (Å²) in [6.07, 6.45) is 1.47. The van der Waals surface area contributed by atoms with Crippen molar-refractivity contribution in [1.82, 2.24) is 20.9 Å². The lowest BCUT2D eigenvalue weighted by molar-refractivity contribution is -0.145. The van der Waals surface area contributed by atoms with Crippen molar-refractivity contribution in [3.05, 3.63) is 42.0 Å². The molecule has 10 N–H and O–H groups in total. The van der Waals surface area contributed by atoms with E-state index >= 15 is 0 Å². The van der Waals surface area contributed by atoms with Gasteiger partial charge in [0.1, 0.15) is 24.7 Å². The van der Waals surface area contributed by atoms with E-state index in [1.165, 1.54) is 0 Å². The first-order valence-corrected chi connectivity index (χ1v) is 17.0. The Bertz CT molecular complexity index is 1200. The van der Waals surface area contributed by atoms with Crippen molar-refractivity contribution in [2.45, 2.75) is 107 Å². The number of hydrogen-bond acceptors (Lipinski definition) is 9. The molecular weight excluding hydrogens is 648 g/mol. The van der Waals surface area contributed by atoms with Crippen molar-refractivity contribution < 1.29 is 38.3 Å². The van der Waals surface area contributed by atoms with Gasteiger partial charge in [-0.15, -0.1) is 0 Å². The quantitative estimate of drug-likeness (QED) is 0.104. The predicted octanol–water partition coefficient (Wildman–Crippen LogP) is 2.65. The Morgan fingerprint density at radius 2 is 1.30 bits per heavy atom. The van der Waals surface area contributed by atoms with Crippen LogP contribution < -0.4 is 38.5 Å². The number of urea groups is 1. The van der Waals surface area contributed by atoms with E-state index in [2.05, 4.69) is 21.3 Å². The van der Waals surface area contributed by atoms with Gasteiger partial charge < -0.3 is 43.2 Å². The molecule has 0 radical (unpaired) electrons. The van der Waals surface area contributed by atoms with Crippen LogP contribution in [0.4, 0.5) is 15.3 Å². The van der Waals surface area contributed by atoms with Crippen LogP contribution in [-0.2, 0) is 35.3 Å². The van der Waals surface area contributed by atoms with Crippen molar-refractivity contribution in [3.63, 3.8) is 0 Å². The second-order valence-corrected chi connectivity index (χ2v) is 9.65. The van der Waals surface area contributed by atoms with E-state index in [1.54, 1.807) is 38.1 Å². The molecule has 0 fully saturated rings. The molecule has 0 saturated carbocycles. The lowest BCUT2D eigenvalue weighted by Gasteiger charge is -2.29. The van der Waals surface area contributed by atoms with Crippen LogP contribution in [0.3, 0.4) is 0 Å². The minimum Gasteiger partial charge on any atom is -0.445 e. The third kappa shape index (κ3) is 18.5. The summed E-state index contributed by atoms with van der Waals surface area (Å²) in [4.78, 5) is 86.1. The first-order valence-electron chi connectivity index (χ1n) is 17.0. The topological polar surface area (TPSA) is 258 Å². The van der Waals surface area contributed by atoms with Crippen LogP contribution in [0.2, 0.25) is 0 Å². The number of primary amides is 2. The van der Waals surface area contributed by atoms with Crippen LogP contribution in [0.15, 0.2) is 36.4 Å². The third-order valence-electron chi connectivity index (χ3n) is 6.13. The highest BCUT2D eigenvalue weighted by Crippen LogP contribution is 2.14. The van der Waals surface area contributed by atoms with Gasteiger partial charge in [0, 0.05) is 30.9 Å². The smallest absolute Gasteiger partial charge is 0.404 e. The van der Waals surface area contributed by atoms with Gasteiger partial charge in [-0.05, 0) is 36.5 Å². The SMILES string of the molecule is CC.CC.CC.CC.CC(C)C(NC(=O)C(CN)N1C(=O)C=CC1=O)C(=O)NC(CCCNC(N)=O)C(=O)Nc1ccc(COC(N)=O)cc1. The maximum Gasteiger partial charge on any atom is 0.404 e. The van der Waals surface area contributed by atoms with E-state index in [4.69, 9.17) is 21.9 Å². The first-order chi connectivity index (χ1) is 23.8. The summed E-state index contributed by atoms with van der Waals surface area (Å²) in [5.41, 5.74) is 16.7. The molecule has 50 heavy (non-hydrogen) atoms. The highest BCUT2D eigenvalue weighted by Gasteiger charge is 2.37. The number of hydrogen-bond donors (Lipinski definition) is 7. The number of rotatable bonds is 15. The number of carbonyl (C=O) groups is 7. The van der Waals surface area contributed by atoms with Crippen molar-refractivity contribution in [2.24, 2.45) is 23.1 Å². The lowest BCUT2D eigenvalue weighted by Crippen LogP contribution is -2.60. The van der Waals surface area contributed by atoms with Crippen LogP contribution in [0.5, 0.6) is 0 Å². The number of amides is 8. The van der Waals surface area contributed by atoms with Crippen LogP contribution in [-0.4, -0.2) is 77.8 Å². The number of imide groups is 1. The summed E-state index contributed by atoms with van der Waals surface area (Å²) in [6, 6.07) is 1.98. The van der Waals surface area contributed by atoms with Gasteiger partial charge in [0.15, 0.2) is 0 Å². The average molecular weight is 709 g/mol. The Labute approximate surface area is 296 Å². The summed E-state index contributed by atoms with van der Waals surface area (Å²) in [6.45, 7) is 19.0. The van der Waals surface area contributed by atoms with Gasteiger partial charge in [-0.2, -0.15) is 0 Å². The molecule has 8 amide bonds. The molecule has 0 aliphatic carbocycles. The number of benzene rings is 1. The van der Waals surface area contributed by atoms with Crippen molar-refractivity contribution >= 4 is 47.3 Å². The molecular formula is C34H60N8O8. The Morgan fingerprint density at radius 1 is 0.780 bits per heavy atom. The molecule has 1 aromatic rings. The summed E-state index contributed by atoms with van der Waals surface area (Å²) in [5.74, 6) is -3.98. The third-order valence-corrected chi connectivity index (χ3v) is 6.13. The molecule has 1 aromatic carbocycles. The van der Waals surface area contributed by atoms with E-state index in [1.807, 2.05) is 55.4 Å². The second-order valence-electron chi connectivity index (χ2n) is 9.65. The van der Waals surface area contributed by atoms with Crippen LogP contribution in [0.25, 0.3) is 0 Å². The van der Waals surface area contributed by atoms with Gasteiger partial charge >= 0.3 is 12.1 Å². The lowest BCUT2D eigenvalue weighted by atomic mass is 10.0. The van der Waals surface area contributed by atoms with E-state index in [0.717, 1.165) is 12.2 Å². The molecule has 0 bridgehead atoms. The Hall–Kier alpha value is -4.99. The minimum absolute atomic E-state index is 0.0565. The molecule has 0 aromatic heterocycles. The summed E-state index contributed by atoms with van der Waals surface area (Å²) in [5, 5.41) is 10.2. The fourth-order valence-electron chi connectivity index (χ4n) is 3.95. The van der Waals surface area contributed by atoms with Crippen molar-refractivity contribution in [1.29, 1.82) is 0 Å². The van der Waals surface area contributed by atoms with Crippen LogP contribution in [0, 0.1) is 5.92 Å². The summed E-state index contributed by atoms with van der Waals surface area (Å²) >= 11 is 0. The molecule has 3 atom stereocenters. The van der Waals surface area contributed by atoms with Gasteiger partial charge in [0.05, 0.1) is 0 Å². The largest absolute Gasteiger partial charge is 0.445 e. The van der Waals surface area contributed by atoms with Crippen molar-refractivity contribution in [3.8, 4) is 0 Å². The monoisotopic (exact) mass is 708 g/mol. The van der Waals surface area contributed by atoms with Gasteiger partial charge in [-0.3, -0.25) is 28.9 Å². The fourth-order valence-corrected chi connectivity index (χ4v) is 3.95. The molecule has 284 valence electrons. The standard InChI is InChI=1S/C26H36N8O8.4C2H6/c1-14(2)21(33-23(38)18(12-27)34-19(35)9-10-20(34)36)24(39)32-17(4-3-11-30-25(28)40)22(37)31-16-7-5-15(6-8-16)13-42-26(29)41;4*1-2/h5-10,14,17-18,21H,3-4,11-13,27H2,1-2H3,(H2,29,41)(H,31,37)(H,32,39)(H,33,38)(H3,28,30,40);4*1-2H3. The van der Waals surface area contributed by atoms with E-state index in [-0.39, 0.29) is 32.5 Å². The maximum absolute atomic E-state index is 13.3. The highest BCUT2D eigenvalue weighted by molar-refractivity contribution is 6.15. The molecule has 1 aliphatic rings. The second kappa shape index (κ2) is 29.0. The van der Waals surface area contributed by atoms with E-state index in [0.29, 0.717) is 16.2 Å². The first kappa shape index (κ1) is 49.4. The molecule has 0 saturated heterocycles. The Kier molecular flexibility index (Phi) is 28.6. The molecule has 3 unspecified atom stereocenters. The fraction of sp³-hybridized carbons (Fsp3) is 0.559. The van der Waals surface area contributed by atoms with Gasteiger partial charge in [-0.1, -0.05) is 81.4 Å². The minimum atomic E-state index is -1.34. The average Bonchev–Trinajstić information content (AvgIpc) is 3.44. The number of carbonyl (C=O) groups excluding carboxylic acids is 7. The predicted molar refractivity (Wildman–Crippen MR) is 194 cm³/mol. The molecule has 0 spiro atoms.